The van der Waals surface area contributed by atoms with Gasteiger partial charge in [0.15, 0.2) is 0 Å². The van der Waals surface area contributed by atoms with Crippen LogP contribution in [0, 0.1) is 5.92 Å². The average Bonchev–Trinajstić information content (AvgIpc) is 2.06. The van der Waals surface area contributed by atoms with Crippen molar-refractivity contribution in [2.75, 3.05) is 0 Å². The first-order valence-corrected chi connectivity index (χ1v) is 6.00. The summed E-state index contributed by atoms with van der Waals surface area (Å²) in [5.74, 6) is 1.03. The molecule has 0 aromatic heterocycles. The highest BCUT2D eigenvalue weighted by atomic mass is 31.0. The Kier molecular flexibility index (Phi) is 4.03. The van der Waals surface area contributed by atoms with Gasteiger partial charge in [-0.05, 0) is 23.9 Å². The predicted molar refractivity (Wildman–Crippen MR) is 59.6 cm³/mol. The Balaban J connectivity index is 2.28. The fraction of sp³-hybridized carbons (Fsp3) is 1.00. The minimum atomic E-state index is 0.516. The second-order valence-corrected chi connectivity index (χ2v) is 6.11. The van der Waals surface area contributed by atoms with E-state index in [0.717, 1.165) is 5.92 Å². The van der Waals surface area contributed by atoms with Gasteiger partial charge >= 0.3 is 0 Å². The molecule has 0 amide bonds. The van der Waals surface area contributed by atoms with E-state index < -0.39 is 0 Å². The Labute approximate surface area is 79.7 Å². The molecule has 1 saturated carbocycles. The summed E-state index contributed by atoms with van der Waals surface area (Å²) in [6.45, 7) is 4.68. The smallest absolute Gasteiger partial charge is 0.0178 e. The van der Waals surface area contributed by atoms with Gasteiger partial charge in [-0.25, -0.2) is 0 Å². The average molecular weight is 186 g/mol. The molecule has 0 aliphatic heterocycles. The van der Waals surface area contributed by atoms with E-state index in [1.165, 1.54) is 44.9 Å². The molecule has 1 aliphatic rings. The van der Waals surface area contributed by atoms with Crippen molar-refractivity contribution in [3.05, 3.63) is 0 Å². The highest BCUT2D eigenvalue weighted by Crippen LogP contribution is 2.36. The van der Waals surface area contributed by atoms with E-state index >= 15 is 0 Å². The summed E-state index contributed by atoms with van der Waals surface area (Å²) in [5.41, 5.74) is 0. The van der Waals surface area contributed by atoms with Crippen LogP contribution in [-0.4, -0.2) is 5.16 Å². The molecule has 1 rings (SSSR count). The number of hydrogen-bond acceptors (Lipinski definition) is 0. The summed E-state index contributed by atoms with van der Waals surface area (Å²) in [6, 6.07) is 0. The summed E-state index contributed by atoms with van der Waals surface area (Å²) >= 11 is 0. The Morgan fingerprint density at radius 3 is 2.33 bits per heavy atom. The summed E-state index contributed by atoms with van der Waals surface area (Å²) in [4.78, 5) is 0. The Bertz CT molecular complexity index is 123. The van der Waals surface area contributed by atoms with Crippen LogP contribution >= 0.6 is 9.24 Å². The van der Waals surface area contributed by atoms with Gasteiger partial charge in [0.1, 0.15) is 0 Å². The van der Waals surface area contributed by atoms with E-state index in [-0.39, 0.29) is 0 Å². The molecule has 1 fully saturated rings. The Morgan fingerprint density at radius 2 is 1.83 bits per heavy atom. The maximum absolute atomic E-state index is 3.04. The van der Waals surface area contributed by atoms with Gasteiger partial charge < -0.3 is 0 Å². The quantitative estimate of drug-likeness (QED) is 0.584. The second kappa shape index (κ2) is 4.61. The van der Waals surface area contributed by atoms with Gasteiger partial charge in [-0.2, -0.15) is 0 Å². The largest absolute Gasteiger partial charge is 0.131 e. The normalized spacial score (nSPS) is 25.2. The molecule has 0 aromatic rings. The number of hydrogen-bond donors (Lipinski definition) is 0. The first-order chi connectivity index (χ1) is 5.64. The fourth-order valence-electron chi connectivity index (χ4n) is 2.20. The summed E-state index contributed by atoms with van der Waals surface area (Å²) in [7, 11) is 3.04. The van der Waals surface area contributed by atoms with Crippen molar-refractivity contribution >= 4 is 9.24 Å². The van der Waals surface area contributed by atoms with Gasteiger partial charge in [0.25, 0.3) is 0 Å². The molecule has 1 aliphatic carbocycles. The van der Waals surface area contributed by atoms with Gasteiger partial charge in [-0.15, -0.1) is 9.24 Å². The van der Waals surface area contributed by atoms with Crippen LogP contribution in [0.4, 0.5) is 0 Å². The molecule has 0 radical (unpaired) electrons. The minimum absolute atomic E-state index is 0.516. The highest BCUT2D eigenvalue weighted by molar-refractivity contribution is 7.18. The topological polar surface area (TPSA) is 0 Å². The van der Waals surface area contributed by atoms with Crippen molar-refractivity contribution in [3.63, 3.8) is 0 Å². The molecule has 12 heavy (non-hydrogen) atoms. The minimum Gasteiger partial charge on any atom is -0.131 e. The van der Waals surface area contributed by atoms with Crippen LogP contribution in [-0.2, 0) is 0 Å². The maximum atomic E-state index is 3.04. The van der Waals surface area contributed by atoms with Crippen molar-refractivity contribution in [1.82, 2.24) is 0 Å². The lowest BCUT2D eigenvalue weighted by Gasteiger charge is -2.30. The third-order valence-electron chi connectivity index (χ3n) is 3.29. The van der Waals surface area contributed by atoms with E-state index in [1.807, 2.05) is 0 Å². The van der Waals surface area contributed by atoms with Crippen molar-refractivity contribution in [2.45, 2.75) is 63.9 Å². The molecule has 0 nitrogen and oxygen atoms in total. The third-order valence-corrected chi connectivity index (χ3v) is 3.93. The van der Waals surface area contributed by atoms with Crippen molar-refractivity contribution in [1.29, 1.82) is 0 Å². The van der Waals surface area contributed by atoms with Crippen molar-refractivity contribution in [3.8, 4) is 0 Å². The number of rotatable bonds is 3. The van der Waals surface area contributed by atoms with Crippen LogP contribution in [0.5, 0.6) is 0 Å². The van der Waals surface area contributed by atoms with E-state index in [2.05, 4.69) is 23.1 Å². The molecule has 2 atom stereocenters. The van der Waals surface area contributed by atoms with Crippen LogP contribution in [0.15, 0.2) is 0 Å². The van der Waals surface area contributed by atoms with Gasteiger partial charge in [0.05, 0.1) is 0 Å². The first-order valence-electron chi connectivity index (χ1n) is 5.43. The van der Waals surface area contributed by atoms with Crippen molar-refractivity contribution < 1.29 is 0 Å². The molecule has 72 valence electrons. The van der Waals surface area contributed by atoms with Crippen LogP contribution in [0.1, 0.15) is 58.8 Å². The first kappa shape index (κ1) is 10.5. The summed E-state index contributed by atoms with van der Waals surface area (Å²) in [6.07, 6.45) is 10.1. The Hall–Kier alpha value is 0.430. The van der Waals surface area contributed by atoms with Gasteiger partial charge in [0, 0.05) is 0 Å². The maximum Gasteiger partial charge on any atom is -0.0178 e. The molecule has 0 aromatic carbocycles. The fourth-order valence-corrected chi connectivity index (χ4v) is 2.53. The Morgan fingerprint density at radius 1 is 1.25 bits per heavy atom. The zero-order valence-corrected chi connectivity index (χ0v) is 9.76. The lowest BCUT2D eigenvalue weighted by Crippen LogP contribution is -2.21. The molecule has 0 spiro atoms. The van der Waals surface area contributed by atoms with Gasteiger partial charge in [-0.1, -0.05) is 46.0 Å². The van der Waals surface area contributed by atoms with Crippen LogP contribution in [0.25, 0.3) is 0 Å². The predicted octanol–water partition coefficient (Wildman–Crippen LogP) is 4.00. The molecule has 0 saturated heterocycles. The lowest BCUT2D eigenvalue weighted by atomic mass is 9.82. The zero-order valence-electron chi connectivity index (χ0n) is 8.60. The molecular formula is C11H23P. The van der Waals surface area contributed by atoms with E-state index in [0.29, 0.717) is 5.16 Å². The summed E-state index contributed by atoms with van der Waals surface area (Å²) in [5, 5.41) is 0.516. The molecule has 1 heteroatoms. The van der Waals surface area contributed by atoms with Gasteiger partial charge in [-0.3, -0.25) is 0 Å². The lowest BCUT2D eigenvalue weighted by molar-refractivity contribution is 0.307. The van der Waals surface area contributed by atoms with Crippen LogP contribution in [0.2, 0.25) is 0 Å². The zero-order chi connectivity index (χ0) is 9.03. The van der Waals surface area contributed by atoms with Crippen LogP contribution in [0.3, 0.4) is 0 Å². The monoisotopic (exact) mass is 186 g/mol. The summed E-state index contributed by atoms with van der Waals surface area (Å²) < 4.78 is 0. The highest BCUT2D eigenvalue weighted by Gasteiger charge is 2.22. The van der Waals surface area contributed by atoms with E-state index in [1.54, 1.807) is 0 Å². The van der Waals surface area contributed by atoms with E-state index in [9.17, 15) is 0 Å². The third kappa shape index (κ3) is 3.44. The molecule has 0 N–H and O–H groups in total. The van der Waals surface area contributed by atoms with E-state index in [4.69, 9.17) is 0 Å². The van der Waals surface area contributed by atoms with Crippen LogP contribution < -0.4 is 0 Å². The molecule has 2 unspecified atom stereocenters. The second-order valence-electron chi connectivity index (χ2n) is 4.72. The molecule has 0 heterocycles. The molecule has 0 bridgehead atoms. The van der Waals surface area contributed by atoms with Gasteiger partial charge in [0.2, 0.25) is 0 Å². The SMILES string of the molecule is CCC(C)(P)CC1CCCCC1. The standard InChI is InChI=1S/C11H23P/c1-3-11(2,12)9-10-7-5-4-6-8-10/h10H,3-9,12H2,1-2H3. The van der Waals surface area contributed by atoms with Crippen molar-refractivity contribution in [2.24, 2.45) is 5.92 Å². The molecular weight excluding hydrogens is 163 g/mol.